The number of rotatable bonds is 4. The van der Waals surface area contributed by atoms with Crippen molar-refractivity contribution in [2.24, 2.45) is 0 Å². The first-order chi connectivity index (χ1) is 10.6. The Kier molecular flexibility index (Phi) is 4.34. The van der Waals surface area contributed by atoms with Crippen LogP contribution in [0.15, 0.2) is 48.5 Å². The van der Waals surface area contributed by atoms with Crippen LogP contribution in [-0.2, 0) is 11.2 Å². The van der Waals surface area contributed by atoms with E-state index in [1.54, 1.807) is 12.1 Å². The number of hydrogen-bond acceptors (Lipinski definition) is 2. The molecule has 0 aromatic heterocycles. The highest BCUT2D eigenvalue weighted by atomic mass is 35.5. The van der Waals surface area contributed by atoms with Crippen LogP contribution < -0.4 is 10.2 Å². The zero-order valence-electron chi connectivity index (χ0n) is 12.6. The first-order valence-electron chi connectivity index (χ1n) is 7.53. The molecular formula is C18H19ClN2O. The number of benzene rings is 2. The van der Waals surface area contributed by atoms with Crippen molar-refractivity contribution in [2.45, 2.75) is 25.8 Å². The van der Waals surface area contributed by atoms with Crippen molar-refractivity contribution in [3.63, 3.8) is 0 Å². The summed E-state index contributed by atoms with van der Waals surface area (Å²) in [6.07, 6.45) is 1.51. The van der Waals surface area contributed by atoms with E-state index in [1.807, 2.05) is 12.1 Å². The van der Waals surface area contributed by atoms with E-state index >= 15 is 0 Å². The Morgan fingerprint density at radius 3 is 2.91 bits per heavy atom. The third-order valence-electron chi connectivity index (χ3n) is 4.04. The molecule has 3 nitrogen and oxygen atoms in total. The third kappa shape index (κ3) is 3.25. The summed E-state index contributed by atoms with van der Waals surface area (Å²) in [6, 6.07) is 16.1. The van der Waals surface area contributed by atoms with Gasteiger partial charge in [0.1, 0.15) is 0 Å². The number of para-hydroxylation sites is 1. The van der Waals surface area contributed by atoms with Crippen molar-refractivity contribution in [2.75, 3.05) is 16.8 Å². The summed E-state index contributed by atoms with van der Waals surface area (Å²) in [5, 5.41) is 3.52. The number of carbonyl (C=O) groups excluding carboxylic acids is 1. The minimum Gasteiger partial charge on any atom is -0.368 e. The fraction of sp³-hybridized carbons (Fsp3) is 0.278. The molecule has 1 atom stereocenters. The van der Waals surface area contributed by atoms with Crippen LogP contribution in [0.1, 0.15) is 18.9 Å². The van der Waals surface area contributed by atoms with Gasteiger partial charge in [-0.05, 0) is 43.2 Å². The van der Waals surface area contributed by atoms with Crippen LogP contribution >= 0.6 is 11.6 Å². The second kappa shape index (κ2) is 6.41. The van der Waals surface area contributed by atoms with Gasteiger partial charge in [-0.15, -0.1) is 0 Å². The summed E-state index contributed by atoms with van der Waals surface area (Å²) in [4.78, 5) is 14.4. The molecule has 0 saturated heterocycles. The molecule has 1 amide bonds. The molecule has 0 spiro atoms. The van der Waals surface area contributed by atoms with Gasteiger partial charge in [0.05, 0.1) is 0 Å². The Balaban J connectivity index is 1.60. The van der Waals surface area contributed by atoms with Crippen LogP contribution in [0, 0.1) is 0 Å². The predicted octanol–water partition coefficient (Wildman–Crippen LogP) is 4.12. The summed E-state index contributed by atoms with van der Waals surface area (Å²) in [6.45, 7) is 2.93. The summed E-state index contributed by atoms with van der Waals surface area (Å²) >= 11 is 5.92. The summed E-state index contributed by atoms with van der Waals surface area (Å²) in [5.41, 5.74) is 3.36. The number of nitrogens with zero attached hydrogens (tertiary/aromatic N) is 1. The van der Waals surface area contributed by atoms with E-state index in [9.17, 15) is 4.79 Å². The Morgan fingerprint density at radius 1 is 1.27 bits per heavy atom. The maximum Gasteiger partial charge on any atom is 0.226 e. The lowest BCUT2D eigenvalue weighted by atomic mass is 10.1. The fourth-order valence-electron chi connectivity index (χ4n) is 2.98. The minimum atomic E-state index is 0.0128. The molecule has 1 heterocycles. The largest absolute Gasteiger partial charge is 0.368 e. The van der Waals surface area contributed by atoms with Gasteiger partial charge in [0.25, 0.3) is 0 Å². The summed E-state index contributed by atoms with van der Waals surface area (Å²) in [5.74, 6) is 0.0128. The standard InChI is InChI=1S/C18H19ClN2O/c1-13-11-14-5-2-3-8-17(14)21(13)10-9-18(22)20-16-7-4-6-15(19)12-16/h2-8,12-13H,9-11H2,1H3,(H,20,22). The molecule has 1 N–H and O–H groups in total. The molecule has 4 heteroatoms. The van der Waals surface area contributed by atoms with E-state index in [1.165, 1.54) is 11.3 Å². The zero-order valence-corrected chi connectivity index (χ0v) is 13.3. The number of halogens is 1. The van der Waals surface area contributed by atoms with Crippen LogP contribution in [0.5, 0.6) is 0 Å². The molecular weight excluding hydrogens is 296 g/mol. The Bertz CT molecular complexity index is 686. The van der Waals surface area contributed by atoms with Gasteiger partial charge in [-0.2, -0.15) is 0 Å². The maximum atomic E-state index is 12.1. The molecule has 1 aliphatic heterocycles. The zero-order chi connectivity index (χ0) is 15.5. The number of amides is 1. The molecule has 1 aliphatic rings. The van der Waals surface area contributed by atoms with Crippen LogP contribution in [0.2, 0.25) is 5.02 Å². The van der Waals surface area contributed by atoms with Gasteiger partial charge in [-0.1, -0.05) is 35.9 Å². The van der Waals surface area contributed by atoms with E-state index in [0.29, 0.717) is 17.5 Å². The first-order valence-corrected chi connectivity index (χ1v) is 7.91. The highest BCUT2D eigenvalue weighted by Gasteiger charge is 2.25. The van der Waals surface area contributed by atoms with E-state index in [2.05, 4.69) is 41.4 Å². The molecule has 0 saturated carbocycles. The number of nitrogens with one attached hydrogen (secondary N) is 1. The lowest BCUT2D eigenvalue weighted by molar-refractivity contribution is -0.116. The lowest BCUT2D eigenvalue weighted by Gasteiger charge is -2.24. The number of carbonyl (C=O) groups is 1. The molecule has 0 bridgehead atoms. The molecule has 1 unspecified atom stereocenters. The average molecular weight is 315 g/mol. The first kappa shape index (κ1) is 14.9. The number of hydrogen-bond donors (Lipinski definition) is 1. The molecule has 0 fully saturated rings. The molecule has 2 aromatic rings. The van der Waals surface area contributed by atoms with Crippen molar-refractivity contribution in [1.29, 1.82) is 0 Å². The van der Waals surface area contributed by atoms with Gasteiger partial charge >= 0.3 is 0 Å². The SMILES string of the molecule is CC1Cc2ccccc2N1CCC(=O)Nc1cccc(Cl)c1. The summed E-state index contributed by atoms with van der Waals surface area (Å²) < 4.78 is 0. The van der Waals surface area contributed by atoms with Gasteiger partial charge in [-0.3, -0.25) is 4.79 Å². The van der Waals surface area contributed by atoms with Crippen LogP contribution in [0.3, 0.4) is 0 Å². The van der Waals surface area contributed by atoms with Crippen LogP contribution in [-0.4, -0.2) is 18.5 Å². The topological polar surface area (TPSA) is 32.3 Å². The van der Waals surface area contributed by atoms with Gasteiger partial charge in [0.15, 0.2) is 0 Å². The third-order valence-corrected chi connectivity index (χ3v) is 4.27. The van der Waals surface area contributed by atoms with Gasteiger partial charge in [0.2, 0.25) is 5.91 Å². The fourth-order valence-corrected chi connectivity index (χ4v) is 3.17. The van der Waals surface area contributed by atoms with Gasteiger partial charge < -0.3 is 10.2 Å². The van der Waals surface area contributed by atoms with Crippen molar-refractivity contribution < 1.29 is 4.79 Å². The second-order valence-corrected chi connectivity index (χ2v) is 6.12. The quantitative estimate of drug-likeness (QED) is 0.920. The highest BCUT2D eigenvalue weighted by molar-refractivity contribution is 6.30. The van der Waals surface area contributed by atoms with Crippen molar-refractivity contribution in [3.05, 3.63) is 59.1 Å². The maximum absolute atomic E-state index is 12.1. The molecule has 0 radical (unpaired) electrons. The lowest BCUT2D eigenvalue weighted by Crippen LogP contribution is -2.32. The Labute approximate surface area is 135 Å². The van der Waals surface area contributed by atoms with E-state index < -0.39 is 0 Å². The minimum absolute atomic E-state index is 0.0128. The van der Waals surface area contributed by atoms with Crippen molar-refractivity contribution in [3.8, 4) is 0 Å². The molecule has 22 heavy (non-hydrogen) atoms. The second-order valence-electron chi connectivity index (χ2n) is 5.68. The molecule has 114 valence electrons. The Hall–Kier alpha value is -2.00. The number of fused-ring (bicyclic) bond motifs is 1. The van der Waals surface area contributed by atoms with Crippen LogP contribution in [0.4, 0.5) is 11.4 Å². The molecule has 3 rings (SSSR count). The smallest absolute Gasteiger partial charge is 0.226 e. The van der Waals surface area contributed by atoms with Gasteiger partial charge in [-0.25, -0.2) is 0 Å². The average Bonchev–Trinajstić information content (AvgIpc) is 2.80. The van der Waals surface area contributed by atoms with E-state index in [-0.39, 0.29) is 5.91 Å². The summed E-state index contributed by atoms with van der Waals surface area (Å²) in [7, 11) is 0. The van der Waals surface area contributed by atoms with E-state index in [0.717, 1.165) is 18.7 Å². The molecule has 2 aromatic carbocycles. The van der Waals surface area contributed by atoms with Gasteiger partial charge in [0, 0.05) is 35.4 Å². The van der Waals surface area contributed by atoms with E-state index in [4.69, 9.17) is 11.6 Å². The normalized spacial score (nSPS) is 16.5. The van der Waals surface area contributed by atoms with Crippen molar-refractivity contribution in [1.82, 2.24) is 0 Å². The van der Waals surface area contributed by atoms with Crippen molar-refractivity contribution >= 4 is 28.9 Å². The number of anilines is 2. The monoisotopic (exact) mass is 314 g/mol. The Morgan fingerprint density at radius 2 is 2.09 bits per heavy atom. The highest BCUT2D eigenvalue weighted by Crippen LogP contribution is 2.31. The predicted molar refractivity (Wildman–Crippen MR) is 91.7 cm³/mol. The van der Waals surface area contributed by atoms with Crippen LogP contribution in [0.25, 0.3) is 0 Å². The molecule has 0 aliphatic carbocycles.